The molecule has 3 heterocycles. The Bertz CT molecular complexity index is 511. The fourth-order valence-corrected chi connectivity index (χ4v) is 3.13. The molecular weight excluding hydrogens is 280 g/mol. The number of pyridine rings is 1. The number of anilines is 2. The molecule has 0 aliphatic carbocycles. The van der Waals surface area contributed by atoms with E-state index in [1.165, 1.54) is 12.8 Å². The van der Waals surface area contributed by atoms with Crippen LogP contribution in [-0.4, -0.2) is 42.9 Å². The third-order valence-electron chi connectivity index (χ3n) is 4.32. The van der Waals surface area contributed by atoms with Crippen LogP contribution in [0.25, 0.3) is 0 Å². The van der Waals surface area contributed by atoms with Gasteiger partial charge in [0.2, 0.25) is 0 Å². The van der Waals surface area contributed by atoms with Gasteiger partial charge >= 0.3 is 6.03 Å². The van der Waals surface area contributed by atoms with Crippen LogP contribution in [0.2, 0.25) is 0 Å². The monoisotopic (exact) mass is 304 g/mol. The summed E-state index contributed by atoms with van der Waals surface area (Å²) in [4.78, 5) is 18.9. The SMILES string of the molecule is CC(NC(=O)Nc1cccnc1N1CCCC1)C1CCCO1. The Kier molecular flexibility index (Phi) is 4.77. The fraction of sp³-hybridized carbons (Fsp3) is 0.625. The average Bonchev–Trinajstić information content (AvgIpc) is 3.21. The van der Waals surface area contributed by atoms with Crippen molar-refractivity contribution in [3.05, 3.63) is 18.3 Å². The van der Waals surface area contributed by atoms with Crippen LogP contribution in [-0.2, 0) is 4.74 Å². The minimum absolute atomic E-state index is 0.00871. The van der Waals surface area contributed by atoms with E-state index in [0.717, 1.165) is 44.0 Å². The lowest BCUT2D eigenvalue weighted by molar-refractivity contribution is 0.0868. The maximum atomic E-state index is 12.2. The van der Waals surface area contributed by atoms with Gasteiger partial charge in [-0.1, -0.05) is 0 Å². The van der Waals surface area contributed by atoms with Crippen molar-refractivity contribution >= 4 is 17.5 Å². The van der Waals surface area contributed by atoms with Gasteiger partial charge in [-0.25, -0.2) is 9.78 Å². The molecule has 2 fully saturated rings. The van der Waals surface area contributed by atoms with Crippen molar-refractivity contribution in [2.75, 3.05) is 29.9 Å². The van der Waals surface area contributed by atoms with Gasteiger partial charge in [0.25, 0.3) is 0 Å². The zero-order valence-corrected chi connectivity index (χ0v) is 13.0. The summed E-state index contributed by atoms with van der Waals surface area (Å²) in [7, 11) is 0. The van der Waals surface area contributed by atoms with Crippen LogP contribution >= 0.6 is 0 Å². The highest BCUT2D eigenvalue weighted by Crippen LogP contribution is 2.26. The molecule has 0 radical (unpaired) electrons. The molecule has 2 amide bonds. The highest BCUT2D eigenvalue weighted by atomic mass is 16.5. The lowest BCUT2D eigenvalue weighted by Crippen LogP contribution is -2.43. The largest absolute Gasteiger partial charge is 0.376 e. The molecule has 0 bridgehead atoms. The Balaban J connectivity index is 1.61. The third-order valence-corrected chi connectivity index (χ3v) is 4.32. The number of ether oxygens (including phenoxy) is 1. The van der Waals surface area contributed by atoms with Gasteiger partial charge in [-0.3, -0.25) is 0 Å². The number of nitrogens with one attached hydrogen (secondary N) is 2. The minimum Gasteiger partial charge on any atom is -0.376 e. The Morgan fingerprint density at radius 2 is 2.23 bits per heavy atom. The standard InChI is InChI=1S/C16H24N4O2/c1-12(14-7-5-11-22-14)18-16(21)19-13-6-4-8-17-15(13)20-9-2-3-10-20/h4,6,8,12,14H,2-3,5,7,9-11H2,1H3,(H2,18,19,21). The van der Waals surface area contributed by atoms with Crippen molar-refractivity contribution in [3.8, 4) is 0 Å². The second kappa shape index (κ2) is 6.96. The van der Waals surface area contributed by atoms with Crippen LogP contribution in [0.3, 0.4) is 0 Å². The van der Waals surface area contributed by atoms with E-state index in [-0.39, 0.29) is 18.2 Å². The van der Waals surface area contributed by atoms with Crippen LogP contribution in [0.15, 0.2) is 18.3 Å². The first-order valence-corrected chi connectivity index (χ1v) is 8.13. The van der Waals surface area contributed by atoms with Gasteiger partial charge in [-0.05, 0) is 44.7 Å². The average molecular weight is 304 g/mol. The van der Waals surface area contributed by atoms with E-state index in [2.05, 4.69) is 20.5 Å². The second-order valence-electron chi connectivity index (χ2n) is 6.01. The molecule has 2 aliphatic heterocycles. The number of carbonyl (C=O) groups is 1. The van der Waals surface area contributed by atoms with Crippen molar-refractivity contribution in [1.29, 1.82) is 0 Å². The van der Waals surface area contributed by atoms with Crippen LogP contribution in [0.4, 0.5) is 16.3 Å². The topological polar surface area (TPSA) is 66.5 Å². The van der Waals surface area contributed by atoms with E-state index in [1.807, 2.05) is 19.1 Å². The van der Waals surface area contributed by atoms with Crippen LogP contribution in [0.5, 0.6) is 0 Å². The number of urea groups is 1. The number of rotatable bonds is 4. The summed E-state index contributed by atoms with van der Waals surface area (Å²) < 4.78 is 5.61. The third kappa shape index (κ3) is 3.50. The molecule has 1 aromatic heterocycles. The fourth-order valence-electron chi connectivity index (χ4n) is 3.13. The highest BCUT2D eigenvalue weighted by molar-refractivity contribution is 5.92. The van der Waals surface area contributed by atoms with E-state index in [4.69, 9.17) is 4.74 Å². The van der Waals surface area contributed by atoms with Crippen molar-refractivity contribution < 1.29 is 9.53 Å². The summed E-state index contributed by atoms with van der Waals surface area (Å²) in [5.74, 6) is 0.861. The van der Waals surface area contributed by atoms with Gasteiger partial charge in [-0.2, -0.15) is 0 Å². The predicted octanol–water partition coefficient (Wildman–Crippen LogP) is 2.37. The molecule has 2 N–H and O–H groups in total. The number of hydrogen-bond donors (Lipinski definition) is 2. The smallest absolute Gasteiger partial charge is 0.319 e. The van der Waals surface area contributed by atoms with E-state index in [9.17, 15) is 4.79 Å². The van der Waals surface area contributed by atoms with Gasteiger partial charge in [0, 0.05) is 25.9 Å². The van der Waals surface area contributed by atoms with Gasteiger partial charge in [0.1, 0.15) is 0 Å². The van der Waals surface area contributed by atoms with Crippen molar-refractivity contribution in [3.63, 3.8) is 0 Å². The summed E-state index contributed by atoms with van der Waals surface area (Å²) in [6, 6.07) is 3.56. The lowest BCUT2D eigenvalue weighted by Gasteiger charge is -2.22. The quantitative estimate of drug-likeness (QED) is 0.896. The Morgan fingerprint density at radius 1 is 1.41 bits per heavy atom. The van der Waals surface area contributed by atoms with Crippen LogP contribution in [0, 0.1) is 0 Å². The van der Waals surface area contributed by atoms with Crippen molar-refractivity contribution in [1.82, 2.24) is 10.3 Å². The molecule has 1 aromatic rings. The molecule has 0 saturated carbocycles. The number of nitrogens with zero attached hydrogens (tertiary/aromatic N) is 2. The maximum Gasteiger partial charge on any atom is 0.319 e. The summed E-state index contributed by atoms with van der Waals surface area (Å²) in [6.45, 7) is 4.78. The summed E-state index contributed by atoms with van der Waals surface area (Å²) in [5, 5.41) is 5.90. The van der Waals surface area contributed by atoms with Crippen LogP contribution in [0.1, 0.15) is 32.6 Å². The van der Waals surface area contributed by atoms with E-state index < -0.39 is 0 Å². The second-order valence-corrected chi connectivity index (χ2v) is 6.01. The molecule has 0 spiro atoms. The molecule has 6 nitrogen and oxygen atoms in total. The first-order chi connectivity index (χ1) is 10.7. The first-order valence-electron chi connectivity index (χ1n) is 8.13. The maximum absolute atomic E-state index is 12.2. The lowest BCUT2D eigenvalue weighted by atomic mass is 10.1. The van der Waals surface area contributed by atoms with Crippen LogP contribution < -0.4 is 15.5 Å². The van der Waals surface area contributed by atoms with E-state index in [1.54, 1.807) is 6.20 Å². The molecule has 6 heteroatoms. The predicted molar refractivity (Wildman–Crippen MR) is 86.3 cm³/mol. The first kappa shape index (κ1) is 15.1. The van der Waals surface area contributed by atoms with Gasteiger partial charge in [0.15, 0.2) is 5.82 Å². The normalized spacial score (nSPS) is 22.6. The van der Waals surface area contributed by atoms with E-state index in [0.29, 0.717) is 0 Å². The van der Waals surface area contributed by atoms with Gasteiger partial charge in [0.05, 0.1) is 17.8 Å². The number of amides is 2. The number of aromatic nitrogens is 1. The Hall–Kier alpha value is -1.82. The molecule has 22 heavy (non-hydrogen) atoms. The molecule has 2 saturated heterocycles. The van der Waals surface area contributed by atoms with E-state index >= 15 is 0 Å². The summed E-state index contributed by atoms with van der Waals surface area (Å²) in [6.07, 6.45) is 6.33. The van der Waals surface area contributed by atoms with Crippen molar-refractivity contribution in [2.45, 2.75) is 44.8 Å². The summed E-state index contributed by atoms with van der Waals surface area (Å²) in [5.41, 5.74) is 0.765. The number of hydrogen-bond acceptors (Lipinski definition) is 4. The molecular formula is C16H24N4O2. The molecule has 120 valence electrons. The highest BCUT2D eigenvalue weighted by Gasteiger charge is 2.24. The molecule has 0 aromatic carbocycles. The van der Waals surface area contributed by atoms with Gasteiger partial charge in [-0.15, -0.1) is 0 Å². The zero-order chi connectivity index (χ0) is 15.4. The molecule has 2 atom stereocenters. The molecule has 3 rings (SSSR count). The summed E-state index contributed by atoms with van der Waals surface area (Å²) >= 11 is 0. The Morgan fingerprint density at radius 3 is 2.95 bits per heavy atom. The number of carbonyl (C=O) groups excluding carboxylic acids is 1. The van der Waals surface area contributed by atoms with Gasteiger partial charge < -0.3 is 20.3 Å². The van der Waals surface area contributed by atoms with Crippen molar-refractivity contribution in [2.24, 2.45) is 0 Å². The minimum atomic E-state index is -0.198. The zero-order valence-electron chi connectivity index (χ0n) is 13.0. The Labute approximate surface area is 131 Å². The molecule has 2 aliphatic rings. The molecule has 2 unspecified atom stereocenters.